The first-order valence-electron chi connectivity index (χ1n) is 6.97. The Morgan fingerprint density at radius 2 is 1.63 bits per heavy atom. The zero-order valence-corrected chi connectivity index (χ0v) is 11.9. The highest BCUT2D eigenvalue weighted by atomic mass is 16.1. The minimum Gasteiger partial charge on any atom is -0.300 e. The molecule has 0 aliphatic carbocycles. The Bertz CT molecular complexity index is 394. The van der Waals surface area contributed by atoms with Gasteiger partial charge in [-0.15, -0.1) is 0 Å². The molecule has 1 radical (unpaired) electrons. The largest absolute Gasteiger partial charge is 0.300 e. The predicted octanol–water partition coefficient (Wildman–Crippen LogP) is 1.94. The highest BCUT2D eigenvalue weighted by molar-refractivity contribution is 5.59. The summed E-state index contributed by atoms with van der Waals surface area (Å²) in [5.41, 5.74) is 1.03. The van der Waals surface area contributed by atoms with Gasteiger partial charge in [0.15, 0.2) is 0 Å². The van der Waals surface area contributed by atoms with E-state index in [4.69, 9.17) is 0 Å². The molecule has 1 fully saturated rings. The molecule has 103 valence electrons. The van der Waals surface area contributed by atoms with Gasteiger partial charge in [-0.2, -0.15) is 0 Å². The third-order valence-corrected chi connectivity index (χ3v) is 3.61. The number of carbonyl (C=O) groups excluding carboxylic acids is 1. The van der Waals surface area contributed by atoms with Crippen LogP contribution in [-0.2, 0) is 11.3 Å². The zero-order valence-electron chi connectivity index (χ0n) is 11.9. The van der Waals surface area contributed by atoms with E-state index in [9.17, 15) is 4.79 Å². The Kier molecular flexibility index (Phi) is 4.72. The number of hydrogen-bond acceptors (Lipinski definition) is 3. The number of benzene rings is 1. The lowest BCUT2D eigenvalue weighted by molar-refractivity contribution is 0.108. The van der Waals surface area contributed by atoms with Crippen molar-refractivity contribution in [2.45, 2.75) is 20.4 Å². The molecule has 0 spiro atoms. The van der Waals surface area contributed by atoms with Crippen molar-refractivity contribution in [2.75, 3.05) is 32.7 Å². The maximum absolute atomic E-state index is 10.8. The standard InChI is InChI=1S/C16H23N2O/c1-16(2,14-19)13-18-10-8-17(9-11-18)12-15-6-4-3-5-7-15/h3-7H,8-13H2,1-2H3. The van der Waals surface area contributed by atoms with E-state index in [-0.39, 0.29) is 5.41 Å². The normalized spacial score (nSPS) is 18.4. The molecule has 0 N–H and O–H groups in total. The molecule has 0 amide bonds. The highest BCUT2D eigenvalue weighted by Crippen LogP contribution is 2.15. The van der Waals surface area contributed by atoms with Crippen molar-refractivity contribution in [2.24, 2.45) is 5.41 Å². The summed E-state index contributed by atoms with van der Waals surface area (Å²) in [6.45, 7) is 9.98. The SMILES string of the molecule is CC(C)([C]=O)CN1CCN(Cc2ccccc2)CC1. The summed E-state index contributed by atoms with van der Waals surface area (Å²) in [6.07, 6.45) is 2.13. The van der Waals surface area contributed by atoms with Crippen LogP contribution in [0.5, 0.6) is 0 Å². The molecule has 0 aromatic heterocycles. The summed E-state index contributed by atoms with van der Waals surface area (Å²) in [4.78, 5) is 15.7. The third-order valence-electron chi connectivity index (χ3n) is 3.61. The maximum atomic E-state index is 10.8. The smallest absolute Gasteiger partial charge is 0.205 e. The second-order valence-corrected chi connectivity index (χ2v) is 6.02. The lowest BCUT2D eigenvalue weighted by Gasteiger charge is -2.37. The van der Waals surface area contributed by atoms with Crippen LogP contribution < -0.4 is 0 Å². The van der Waals surface area contributed by atoms with E-state index in [0.717, 1.165) is 39.3 Å². The molecule has 1 aliphatic rings. The summed E-state index contributed by atoms with van der Waals surface area (Å²) >= 11 is 0. The first-order chi connectivity index (χ1) is 9.09. The fraction of sp³-hybridized carbons (Fsp3) is 0.562. The summed E-state index contributed by atoms with van der Waals surface area (Å²) in [5.74, 6) is 0. The topological polar surface area (TPSA) is 23.6 Å². The summed E-state index contributed by atoms with van der Waals surface area (Å²) in [7, 11) is 0. The van der Waals surface area contributed by atoms with Gasteiger partial charge in [-0.1, -0.05) is 44.2 Å². The second-order valence-electron chi connectivity index (χ2n) is 6.02. The van der Waals surface area contributed by atoms with E-state index in [1.54, 1.807) is 0 Å². The van der Waals surface area contributed by atoms with E-state index in [1.165, 1.54) is 5.56 Å². The third kappa shape index (κ3) is 4.44. The highest BCUT2D eigenvalue weighted by Gasteiger charge is 2.25. The fourth-order valence-electron chi connectivity index (χ4n) is 2.54. The van der Waals surface area contributed by atoms with Crippen molar-refractivity contribution < 1.29 is 4.79 Å². The molecule has 1 saturated heterocycles. The van der Waals surface area contributed by atoms with Crippen LogP contribution in [0.2, 0.25) is 0 Å². The van der Waals surface area contributed by atoms with Gasteiger partial charge in [0.25, 0.3) is 0 Å². The molecule has 1 aromatic rings. The molecule has 0 atom stereocenters. The minimum atomic E-state index is -0.346. The Hall–Kier alpha value is -1.19. The average molecular weight is 259 g/mol. The van der Waals surface area contributed by atoms with E-state index in [1.807, 2.05) is 13.8 Å². The predicted molar refractivity (Wildman–Crippen MR) is 77.6 cm³/mol. The number of nitrogens with zero attached hydrogens (tertiary/aromatic N) is 2. The molecule has 3 nitrogen and oxygen atoms in total. The van der Waals surface area contributed by atoms with Crippen LogP contribution in [0.25, 0.3) is 0 Å². The zero-order chi connectivity index (χ0) is 13.7. The first-order valence-corrected chi connectivity index (χ1v) is 6.97. The van der Waals surface area contributed by atoms with Crippen molar-refractivity contribution >= 4 is 6.29 Å². The second kappa shape index (κ2) is 6.31. The summed E-state index contributed by atoms with van der Waals surface area (Å²) < 4.78 is 0. The Balaban J connectivity index is 1.78. The van der Waals surface area contributed by atoms with Crippen LogP contribution in [0, 0.1) is 5.41 Å². The van der Waals surface area contributed by atoms with Gasteiger partial charge in [-0.3, -0.25) is 14.6 Å². The molecule has 1 aromatic carbocycles. The van der Waals surface area contributed by atoms with Gasteiger partial charge in [-0.25, -0.2) is 0 Å². The molecular weight excluding hydrogens is 236 g/mol. The van der Waals surface area contributed by atoms with Gasteiger partial charge in [0.05, 0.1) is 0 Å². The van der Waals surface area contributed by atoms with Gasteiger partial charge in [-0.05, 0) is 5.56 Å². The fourth-order valence-corrected chi connectivity index (χ4v) is 2.54. The quantitative estimate of drug-likeness (QED) is 0.807. The minimum absolute atomic E-state index is 0.346. The molecule has 0 saturated carbocycles. The van der Waals surface area contributed by atoms with Gasteiger partial charge in [0.1, 0.15) is 0 Å². The summed E-state index contributed by atoms with van der Waals surface area (Å²) in [6, 6.07) is 10.6. The van der Waals surface area contributed by atoms with Crippen molar-refractivity contribution in [1.82, 2.24) is 9.80 Å². The molecule has 19 heavy (non-hydrogen) atoms. The molecule has 1 heterocycles. The number of piperazine rings is 1. The van der Waals surface area contributed by atoms with Crippen LogP contribution >= 0.6 is 0 Å². The molecule has 0 unspecified atom stereocenters. The van der Waals surface area contributed by atoms with Gasteiger partial charge >= 0.3 is 0 Å². The van der Waals surface area contributed by atoms with Gasteiger partial charge in [0.2, 0.25) is 6.29 Å². The van der Waals surface area contributed by atoms with Crippen LogP contribution in [0.4, 0.5) is 0 Å². The Morgan fingerprint density at radius 1 is 1.05 bits per heavy atom. The van der Waals surface area contributed by atoms with Crippen molar-refractivity contribution in [3.8, 4) is 0 Å². The van der Waals surface area contributed by atoms with E-state index in [2.05, 4.69) is 46.4 Å². The van der Waals surface area contributed by atoms with Gasteiger partial charge < -0.3 is 0 Å². The molecule has 1 aliphatic heterocycles. The molecule has 3 heteroatoms. The number of rotatable bonds is 5. The van der Waals surface area contributed by atoms with Crippen molar-refractivity contribution in [3.63, 3.8) is 0 Å². The maximum Gasteiger partial charge on any atom is 0.205 e. The van der Waals surface area contributed by atoms with Gasteiger partial charge in [0, 0.05) is 44.7 Å². The Labute approximate surface area is 116 Å². The number of hydrogen-bond donors (Lipinski definition) is 0. The molecule has 2 rings (SSSR count). The Morgan fingerprint density at radius 3 is 2.21 bits per heavy atom. The van der Waals surface area contributed by atoms with Crippen molar-refractivity contribution in [1.29, 1.82) is 0 Å². The van der Waals surface area contributed by atoms with Crippen LogP contribution in [0.1, 0.15) is 19.4 Å². The van der Waals surface area contributed by atoms with E-state index in [0.29, 0.717) is 0 Å². The van der Waals surface area contributed by atoms with E-state index < -0.39 is 0 Å². The van der Waals surface area contributed by atoms with Crippen LogP contribution in [0.3, 0.4) is 0 Å². The summed E-state index contributed by atoms with van der Waals surface area (Å²) in [5, 5.41) is 0. The monoisotopic (exact) mass is 259 g/mol. The van der Waals surface area contributed by atoms with Crippen LogP contribution in [-0.4, -0.2) is 48.8 Å². The van der Waals surface area contributed by atoms with Crippen LogP contribution in [0.15, 0.2) is 30.3 Å². The first kappa shape index (κ1) is 14.2. The van der Waals surface area contributed by atoms with E-state index >= 15 is 0 Å². The molecular formula is C16H23N2O. The lowest BCUT2D eigenvalue weighted by atomic mass is 9.95. The average Bonchev–Trinajstić information content (AvgIpc) is 2.42. The lowest BCUT2D eigenvalue weighted by Crippen LogP contribution is -2.48. The van der Waals surface area contributed by atoms with Crippen molar-refractivity contribution in [3.05, 3.63) is 35.9 Å². The molecule has 0 bridgehead atoms.